The van der Waals surface area contributed by atoms with E-state index in [4.69, 9.17) is 5.73 Å². The molecule has 0 unspecified atom stereocenters. The molecule has 0 aliphatic carbocycles. The van der Waals surface area contributed by atoms with E-state index in [0.717, 1.165) is 6.16 Å². The van der Waals surface area contributed by atoms with Crippen LogP contribution < -0.4 is 21.2 Å². The molecule has 0 radical (unpaired) electrons. The zero-order valence-corrected chi connectivity index (χ0v) is 26.7. The van der Waals surface area contributed by atoms with Crippen LogP contribution in [0.5, 0.6) is 0 Å². The van der Waals surface area contributed by atoms with Crippen LogP contribution in [0.1, 0.15) is 13.3 Å². The van der Waals surface area contributed by atoms with Gasteiger partial charge in [0.2, 0.25) is 0 Å². The van der Waals surface area contributed by atoms with Crippen LogP contribution in [0, 0.1) is 6.68 Å². The maximum atomic E-state index is 9.58. The van der Waals surface area contributed by atoms with Gasteiger partial charge in [-0.25, -0.2) is 0 Å². The van der Waals surface area contributed by atoms with E-state index in [1.807, 2.05) is 0 Å². The van der Waals surface area contributed by atoms with Gasteiger partial charge in [0.15, 0.2) is 6.68 Å². The summed E-state index contributed by atoms with van der Waals surface area (Å²) in [6, 6.07) is 43.2. The second kappa shape index (κ2) is 21.2. The van der Waals surface area contributed by atoms with Gasteiger partial charge in [0.05, 0.1) is 49.2 Å². The van der Waals surface area contributed by atoms with Crippen molar-refractivity contribution in [1.29, 1.82) is 0 Å². The molecule has 0 aromatic heterocycles. The molecule has 1 N–H and O–H groups in total. The van der Waals surface area contributed by atoms with Gasteiger partial charge in [-0.1, -0.05) is 79.7 Å². The first-order valence-electron chi connectivity index (χ1n) is 12.5. The molecular formula is C31H37ClF3NP2Ru+2. The van der Waals surface area contributed by atoms with Crippen LogP contribution in [0.2, 0.25) is 0 Å². The van der Waals surface area contributed by atoms with Gasteiger partial charge in [-0.2, -0.15) is 0 Å². The zero-order chi connectivity index (χ0) is 28.9. The second-order valence-corrected chi connectivity index (χ2v) is 15.0. The normalized spacial score (nSPS) is 10.4. The van der Waals surface area contributed by atoms with Crippen molar-refractivity contribution in [2.45, 2.75) is 13.3 Å². The van der Waals surface area contributed by atoms with Crippen LogP contribution in [-0.2, 0) is 17.3 Å². The second-order valence-electron chi connectivity index (χ2n) is 8.51. The predicted octanol–water partition coefficient (Wildman–Crippen LogP) is 8.36. The van der Waals surface area contributed by atoms with Crippen LogP contribution in [0.25, 0.3) is 5.73 Å². The number of benzene rings is 4. The van der Waals surface area contributed by atoms with Crippen molar-refractivity contribution in [2.75, 3.05) is 25.5 Å². The van der Waals surface area contributed by atoms with Gasteiger partial charge in [-0.05, 0) is 55.0 Å². The fraction of sp³-hybridized carbons (Fsp3) is 0.194. The first-order chi connectivity index (χ1) is 18.9. The average molecular weight is 679 g/mol. The number of rotatable bonds is 8. The number of nitrogens with one attached hydrogen (secondary N) is 1. The summed E-state index contributed by atoms with van der Waals surface area (Å²) in [5.41, 5.74) is 7.58. The molecule has 0 fully saturated rings. The summed E-state index contributed by atoms with van der Waals surface area (Å²) in [5.74, 6) is 0. The van der Waals surface area contributed by atoms with Gasteiger partial charge in [0, 0.05) is 6.16 Å². The Hall–Kier alpha value is -1.60. The Bertz CT molecular complexity index is 1030. The zero-order valence-electron chi connectivity index (χ0n) is 22.2. The molecule has 0 aliphatic rings. The Labute approximate surface area is 248 Å². The SMILES string of the molecule is CCC[PH+](c1ccccc1)c1ccccc1.C[P+](CC[NH-])(c1ccccc1)c1ccccc1.F[C-](F)F.[Cl][RuH+2]. The molecule has 0 saturated carbocycles. The van der Waals surface area contributed by atoms with Crippen molar-refractivity contribution in [3.05, 3.63) is 134 Å². The van der Waals surface area contributed by atoms with E-state index in [1.54, 1.807) is 17.3 Å². The minimum atomic E-state index is -3.08. The van der Waals surface area contributed by atoms with Crippen molar-refractivity contribution < 1.29 is 30.5 Å². The molecule has 8 heteroatoms. The van der Waals surface area contributed by atoms with Crippen molar-refractivity contribution in [3.63, 3.8) is 0 Å². The first kappa shape index (κ1) is 35.4. The standard InChI is InChI=1S/C15H18NP.C15H17P.CF3.ClH.Ru.H/c1-17(13-12-16,14-8-4-2-5-9-14)15-10-6-3-7-11-15;1-2-13-16(14-9-5-3-6-10-14)15-11-7-4-8-12-15;2-1(3)4;;;/h2-11,16H,12-13H2,1H3;3-12H,2,13H2,1H3;;1H;;/q;;-1;;+3;. The Morgan fingerprint density at radius 1 is 0.692 bits per heavy atom. The molecule has 4 aromatic carbocycles. The van der Waals surface area contributed by atoms with Crippen LogP contribution in [0.4, 0.5) is 13.2 Å². The molecule has 0 saturated heterocycles. The van der Waals surface area contributed by atoms with E-state index >= 15 is 0 Å². The van der Waals surface area contributed by atoms with Gasteiger partial charge in [-0.15, -0.1) is 6.54 Å². The minimum absolute atomic E-state index is 0.494. The predicted molar refractivity (Wildman–Crippen MR) is 168 cm³/mol. The van der Waals surface area contributed by atoms with E-state index < -0.39 is 21.9 Å². The van der Waals surface area contributed by atoms with Gasteiger partial charge in [-0.3, -0.25) is 0 Å². The van der Waals surface area contributed by atoms with Crippen LogP contribution in [0.3, 0.4) is 0 Å². The summed E-state index contributed by atoms with van der Waals surface area (Å²) in [7, 11) is 2.70. The van der Waals surface area contributed by atoms with Crippen LogP contribution in [0.15, 0.2) is 121 Å². The Morgan fingerprint density at radius 3 is 1.28 bits per heavy atom. The van der Waals surface area contributed by atoms with Gasteiger partial charge in [0.1, 0.15) is 0 Å². The third kappa shape index (κ3) is 13.1. The maximum absolute atomic E-state index is 9.58. The topological polar surface area (TPSA) is 23.8 Å². The summed E-state index contributed by atoms with van der Waals surface area (Å²) in [4.78, 5) is 0. The molecule has 0 aliphatic heterocycles. The summed E-state index contributed by atoms with van der Waals surface area (Å²) >= 11 is 1.62. The molecule has 210 valence electrons. The van der Waals surface area contributed by atoms with Crippen molar-refractivity contribution in [2.24, 2.45) is 0 Å². The van der Waals surface area contributed by atoms with E-state index in [9.17, 15) is 13.2 Å². The molecule has 4 rings (SSSR count). The van der Waals surface area contributed by atoms with Gasteiger partial charge < -0.3 is 18.9 Å². The Kier molecular flexibility index (Phi) is 19.3. The summed E-state index contributed by atoms with van der Waals surface area (Å²) in [6.45, 7) is 2.02. The third-order valence-electron chi connectivity index (χ3n) is 5.96. The van der Waals surface area contributed by atoms with E-state index in [2.05, 4.69) is 145 Å². The fourth-order valence-corrected chi connectivity index (χ4v) is 9.65. The number of hydrogen-bond acceptors (Lipinski definition) is 0. The summed E-state index contributed by atoms with van der Waals surface area (Å²) in [6.07, 6.45) is 3.54. The third-order valence-corrected chi connectivity index (χ3v) is 13.0. The molecule has 4 aromatic rings. The van der Waals surface area contributed by atoms with Gasteiger partial charge >= 0.3 is 27.0 Å². The first-order valence-corrected chi connectivity index (χ1v) is 19.0. The molecule has 1 nitrogen and oxygen atoms in total. The van der Waals surface area contributed by atoms with E-state index in [0.29, 0.717) is 6.54 Å². The molecule has 0 spiro atoms. The number of hydrogen-bond donors (Lipinski definition) is 0. The van der Waals surface area contributed by atoms with Gasteiger partial charge in [0.25, 0.3) is 0 Å². The van der Waals surface area contributed by atoms with Crippen molar-refractivity contribution in [1.82, 2.24) is 0 Å². The summed E-state index contributed by atoms with van der Waals surface area (Å²) < 4.78 is 28.8. The molecule has 0 amide bonds. The quantitative estimate of drug-likeness (QED) is 0.102. The molecular weight excluding hydrogens is 642 g/mol. The summed E-state index contributed by atoms with van der Waals surface area (Å²) in [5, 5.41) is 5.86. The Morgan fingerprint density at radius 2 is 1.00 bits per heavy atom. The molecule has 39 heavy (non-hydrogen) atoms. The molecule has 0 atom stereocenters. The molecule has 0 heterocycles. The molecule has 0 bridgehead atoms. The number of halogens is 4. The van der Waals surface area contributed by atoms with E-state index in [-0.39, 0.29) is 0 Å². The average Bonchev–Trinajstić information content (AvgIpc) is 2.99. The fourth-order valence-electron chi connectivity index (χ4n) is 4.13. The monoisotopic (exact) mass is 679 g/mol. The van der Waals surface area contributed by atoms with Crippen molar-refractivity contribution >= 4 is 46.1 Å². The Balaban J connectivity index is 0.000000326. The van der Waals surface area contributed by atoms with Crippen LogP contribution in [-0.4, -0.2) is 25.5 Å². The van der Waals surface area contributed by atoms with Crippen LogP contribution >= 0.6 is 24.9 Å². The van der Waals surface area contributed by atoms with Crippen molar-refractivity contribution in [3.8, 4) is 0 Å². The van der Waals surface area contributed by atoms with E-state index in [1.165, 1.54) is 33.8 Å².